The summed E-state index contributed by atoms with van der Waals surface area (Å²) in [5.41, 5.74) is 0.0433. The average molecular weight is 243 g/mol. The summed E-state index contributed by atoms with van der Waals surface area (Å²) in [6, 6.07) is 3.26. The molecule has 0 amide bonds. The molecule has 0 aromatic heterocycles. The van der Waals surface area contributed by atoms with Gasteiger partial charge in [-0.25, -0.2) is 4.39 Å². The molecule has 1 aromatic rings. The lowest BCUT2D eigenvalue weighted by Crippen LogP contribution is -2.30. The van der Waals surface area contributed by atoms with Crippen LogP contribution in [0.15, 0.2) is 18.2 Å². The number of rotatable bonds is 2. The Labute approximate surface area is 88.3 Å². The van der Waals surface area contributed by atoms with Gasteiger partial charge < -0.3 is 5.11 Å². The van der Waals surface area contributed by atoms with Gasteiger partial charge in [-0.1, -0.05) is 17.7 Å². The van der Waals surface area contributed by atoms with Crippen LogP contribution in [0.2, 0.25) is 5.02 Å². The van der Waals surface area contributed by atoms with E-state index in [-0.39, 0.29) is 10.6 Å². The smallest absolute Gasteiger partial charge is 0.383 e. The van der Waals surface area contributed by atoms with Crippen molar-refractivity contribution in [1.82, 2.24) is 0 Å². The van der Waals surface area contributed by atoms with Crippen LogP contribution in [0.25, 0.3) is 0 Å². The summed E-state index contributed by atoms with van der Waals surface area (Å²) in [5, 5.41) is 8.55. The lowest BCUT2D eigenvalue weighted by molar-refractivity contribution is -0.203. The van der Waals surface area contributed by atoms with Gasteiger partial charge in [-0.05, 0) is 17.7 Å². The molecule has 0 spiro atoms. The van der Waals surface area contributed by atoms with E-state index in [1.807, 2.05) is 0 Å². The Hall–Kier alpha value is -0.810. The molecular weight excluding hydrogens is 236 g/mol. The topological polar surface area (TPSA) is 20.2 Å². The van der Waals surface area contributed by atoms with Crippen molar-refractivity contribution in [3.63, 3.8) is 0 Å². The Balaban J connectivity index is 2.78. The normalized spacial score (nSPS) is 14.0. The fraction of sp³-hybridized carbons (Fsp3) is 0.333. The second kappa shape index (κ2) is 4.37. The highest BCUT2D eigenvalue weighted by molar-refractivity contribution is 6.30. The van der Waals surface area contributed by atoms with E-state index in [1.165, 1.54) is 6.07 Å². The summed E-state index contributed by atoms with van der Waals surface area (Å²) in [6.45, 7) is 0. The van der Waals surface area contributed by atoms with Crippen LogP contribution in [0, 0.1) is 5.82 Å². The molecule has 0 bridgehead atoms. The van der Waals surface area contributed by atoms with Crippen LogP contribution >= 0.6 is 11.6 Å². The number of aliphatic hydroxyl groups is 1. The molecule has 1 atom stereocenters. The molecule has 84 valence electrons. The third-order valence-electron chi connectivity index (χ3n) is 1.79. The third-order valence-corrected chi connectivity index (χ3v) is 2.10. The highest BCUT2D eigenvalue weighted by Crippen LogP contribution is 2.24. The van der Waals surface area contributed by atoms with Crippen molar-refractivity contribution in [2.24, 2.45) is 0 Å². The number of aliphatic hydroxyl groups excluding tert-OH is 1. The number of halogens is 5. The van der Waals surface area contributed by atoms with E-state index in [4.69, 9.17) is 16.7 Å². The largest absolute Gasteiger partial charge is 0.414 e. The standard InChI is InChI=1S/C9H7ClF4O/c10-6-2-1-5(3-7(6)11)4-8(15)9(12,13)14/h1-3,8,15H,4H2/t8-/m0/s1. The molecule has 1 nitrogen and oxygen atoms in total. The second-order valence-electron chi connectivity index (χ2n) is 3.01. The van der Waals surface area contributed by atoms with Crippen molar-refractivity contribution in [1.29, 1.82) is 0 Å². The molecule has 0 fully saturated rings. The van der Waals surface area contributed by atoms with Gasteiger partial charge in [-0.2, -0.15) is 13.2 Å². The number of benzene rings is 1. The quantitative estimate of drug-likeness (QED) is 0.791. The Morgan fingerprint density at radius 3 is 2.40 bits per heavy atom. The highest BCUT2D eigenvalue weighted by Gasteiger charge is 2.37. The molecule has 0 saturated heterocycles. The molecule has 0 aliphatic heterocycles. The summed E-state index contributed by atoms with van der Waals surface area (Å²) in [4.78, 5) is 0. The molecule has 1 aromatic carbocycles. The van der Waals surface area contributed by atoms with Crippen LogP contribution < -0.4 is 0 Å². The van der Waals surface area contributed by atoms with Gasteiger partial charge in [0.1, 0.15) is 5.82 Å². The van der Waals surface area contributed by atoms with Crippen LogP contribution in [-0.4, -0.2) is 17.4 Å². The molecule has 0 unspecified atom stereocenters. The first kappa shape index (κ1) is 12.3. The Morgan fingerprint density at radius 1 is 1.33 bits per heavy atom. The first-order valence-corrected chi connectivity index (χ1v) is 4.37. The molecule has 15 heavy (non-hydrogen) atoms. The molecular formula is C9H7ClF4O. The van der Waals surface area contributed by atoms with Gasteiger partial charge >= 0.3 is 6.18 Å². The van der Waals surface area contributed by atoms with Gasteiger partial charge in [-0.15, -0.1) is 0 Å². The van der Waals surface area contributed by atoms with E-state index in [9.17, 15) is 17.6 Å². The van der Waals surface area contributed by atoms with Crippen molar-refractivity contribution in [3.8, 4) is 0 Å². The molecule has 0 saturated carbocycles. The van der Waals surface area contributed by atoms with Gasteiger partial charge in [0.15, 0.2) is 6.10 Å². The van der Waals surface area contributed by atoms with Crippen molar-refractivity contribution in [2.45, 2.75) is 18.7 Å². The van der Waals surface area contributed by atoms with E-state index in [2.05, 4.69) is 0 Å². The highest BCUT2D eigenvalue weighted by atomic mass is 35.5. The number of hydrogen-bond acceptors (Lipinski definition) is 1. The number of alkyl halides is 3. The van der Waals surface area contributed by atoms with Gasteiger partial charge in [-0.3, -0.25) is 0 Å². The minimum atomic E-state index is -4.70. The summed E-state index contributed by atoms with van der Waals surface area (Å²) in [6.07, 6.45) is -7.87. The van der Waals surface area contributed by atoms with Crippen molar-refractivity contribution >= 4 is 11.6 Å². The molecule has 0 radical (unpaired) electrons. The Kier molecular flexibility index (Phi) is 3.57. The predicted molar refractivity (Wildman–Crippen MR) is 47.2 cm³/mol. The van der Waals surface area contributed by atoms with E-state index in [1.54, 1.807) is 0 Å². The van der Waals surface area contributed by atoms with Crippen LogP contribution in [0.5, 0.6) is 0 Å². The third kappa shape index (κ3) is 3.35. The van der Waals surface area contributed by atoms with Crippen LogP contribution in [0.4, 0.5) is 17.6 Å². The first-order chi connectivity index (χ1) is 6.80. The molecule has 0 heterocycles. The van der Waals surface area contributed by atoms with Crippen LogP contribution in [0.1, 0.15) is 5.56 Å². The Bertz CT molecular complexity index is 350. The van der Waals surface area contributed by atoms with Crippen LogP contribution in [0.3, 0.4) is 0 Å². The summed E-state index contributed by atoms with van der Waals surface area (Å²) in [5.74, 6) is -0.802. The monoisotopic (exact) mass is 242 g/mol. The van der Waals surface area contributed by atoms with Crippen molar-refractivity contribution < 1.29 is 22.7 Å². The van der Waals surface area contributed by atoms with Gasteiger partial charge in [0, 0.05) is 6.42 Å². The van der Waals surface area contributed by atoms with E-state index in [0.29, 0.717) is 0 Å². The minimum absolute atomic E-state index is 0.0433. The SMILES string of the molecule is O[C@@H](Cc1ccc(Cl)c(F)c1)C(F)(F)F. The van der Waals surface area contributed by atoms with Gasteiger partial charge in [0.25, 0.3) is 0 Å². The van der Waals surface area contributed by atoms with Gasteiger partial charge in [0.2, 0.25) is 0 Å². The predicted octanol–water partition coefficient (Wildman–Crippen LogP) is 2.94. The average Bonchev–Trinajstić information content (AvgIpc) is 2.10. The van der Waals surface area contributed by atoms with Crippen molar-refractivity contribution in [2.75, 3.05) is 0 Å². The zero-order chi connectivity index (χ0) is 11.6. The minimum Gasteiger partial charge on any atom is -0.383 e. The van der Waals surface area contributed by atoms with Crippen LogP contribution in [-0.2, 0) is 6.42 Å². The molecule has 0 aliphatic rings. The van der Waals surface area contributed by atoms with Crippen molar-refractivity contribution in [3.05, 3.63) is 34.6 Å². The van der Waals surface area contributed by atoms with E-state index >= 15 is 0 Å². The maximum Gasteiger partial charge on any atom is 0.414 e. The maximum atomic E-state index is 12.8. The maximum absolute atomic E-state index is 12.8. The van der Waals surface area contributed by atoms with E-state index < -0.39 is 24.5 Å². The first-order valence-electron chi connectivity index (χ1n) is 3.99. The lowest BCUT2D eigenvalue weighted by atomic mass is 10.1. The summed E-state index contributed by atoms with van der Waals surface area (Å²) >= 11 is 5.35. The van der Waals surface area contributed by atoms with Gasteiger partial charge in [0.05, 0.1) is 5.02 Å². The molecule has 1 rings (SSSR count). The summed E-state index contributed by atoms with van der Waals surface area (Å²) in [7, 11) is 0. The fourth-order valence-corrected chi connectivity index (χ4v) is 1.12. The Morgan fingerprint density at radius 2 is 1.93 bits per heavy atom. The molecule has 1 N–H and O–H groups in total. The zero-order valence-corrected chi connectivity index (χ0v) is 8.11. The number of hydrogen-bond donors (Lipinski definition) is 1. The lowest BCUT2D eigenvalue weighted by Gasteiger charge is -2.14. The van der Waals surface area contributed by atoms with E-state index in [0.717, 1.165) is 12.1 Å². The molecule has 0 aliphatic carbocycles. The second-order valence-corrected chi connectivity index (χ2v) is 3.42. The fourth-order valence-electron chi connectivity index (χ4n) is 1.01. The molecule has 6 heteroatoms. The zero-order valence-electron chi connectivity index (χ0n) is 7.35. The summed E-state index contributed by atoms with van der Waals surface area (Å²) < 4.78 is 48.7.